The summed E-state index contributed by atoms with van der Waals surface area (Å²) >= 11 is 6.06. The largest absolute Gasteiger partial charge is 0.453 e. The third-order valence-corrected chi connectivity index (χ3v) is 5.99. The lowest BCUT2D eigenvalue weighted by Gasteiger charge is -2.20. The van der Waals surface area contributed by atoms with E-state index in [1.165, 1.54) is 6.92 Å². The number of nitrogens with zero attached hydrogens (tertiary/aromatic N) is 3. The molecule has 0 fully saturated rings. The SMILES string of the molecule is Cc1cc([C@@H](C)Nc2ccc(Cl)nc2-c2noc(=O)[nH]2)c2oc(-c3nc(F)ccc3F)c(C)c(=O)c2c1. The van der Waals surface area contributed by atoms with Crippen LogP contribution in [0.15, 0.2) is 54.9 Å². The minimum absolute atomic E-state index is 0.0633. The Balaban J connectivity index is 1.67. The van der Waals surface area contributed by atoms with Crippen molar-refractivity contribution >= 4 is 28.3 Å². The van der Waals surface area contributed by atoms with Gasteiger partial charge in [-0.25, -0.2) is 19.2 Å². The summed E-state index contributed by atoms with van der Waals surface area (Å²) in [7, 11) is 0. The van der Waals surface area contributed by atoms with Gasteiger partial charge < -0.3 is 9.73 Å². The molecule has 0 spiro atoms. The Labute approximate surface area is 212 Å². The molecule has 0 bridgehead atoms. The molecule has 12 heteroatoms. The molecule has 4 heterocycles. The van der Waals surface area contributed by atoms with Gasteiger partial charge in [0.05, 0.1) is 17.1 Å². The van der Waals surface area contributed by atoms with Gasteiger partial charge in [0.1, 0.15) is 22.1 Å². The van der Waals surface area contributed by atoms with Crippen LogP contribution in [-0.2, 0) is 0 Å². The van der Waals surface area contributed by atoms with Crippen LogP contribution < -0.4 is 16.5 Å². The van der Waals surface area contributed by atoms with Crippen molar-refractivity contribution in [1.82, 2.24) is 20.1 Å². The lowest BCUT2D eigenvalue weighted by atomic mass is 9.99. The number of hydrogen-bond donors (Lipinski definition) is 2. The summed E-state index contributed by atoms with van der Waals surface area (Å²) in [5.41, 5.74) is 1.49. The molecule has 9 nitrogen and oxygen atoms in total. The van der Waals surface area contributed by atoms with Gasteiger partial charge in [0, 0.05) is 11.1 Å². The molecule has 5 rings (SSSR count). The normalized spacial score (nSPS) is 12.2. The van der Waals surface area contributed by atoms with E-state index in [2.05, 4.69) is 29.9 Å². The second-order valence-electron chi connectivity index (χ2n) is 8.42. The van der Waals surface area contributed by atoms with Gasteiger partial charge in [-0.3, -0.25) is 14.3 Å². The van der Waals surface area contributed by atoms with Crippen molar-refractivity contribution < 1.29 is 17.7 Å². The zero-order chi connectivity index (χ0) is 26.4. The molecule has 0 amide bonds. The highest BCUT2D eigenvalue weighted by Gasteiger charge is 2.23. The van der Waals surface area contributed by atoms with Crippen LogP contribution in [0.25, 0.3) is 33.9 Å². The Morgan fingerprint density at radius 3 is 2.57 bits per heavy atom. The Bertz CT molecular complexity index is 1800. The van der Waals surface area contributed by atoms with E-state index in [1.54, 1.807) is 31.2 Å². The van der Waals surface area contributed by atoms with Gasteiger partial charge in [0.25, 0.3) is 0 Å². The first-order valence-electron chi connectivity index (χ1n) is 11.0. The van der Waals surface area contributed by atoms with Gasteiger partial charge in [-0.05, 0) is 56.7 Å². The number of H-pyrrole nitrogens is 1. The van der Waals surface area contributed by atoms with Crippen LogP contribution in [-0.4, -0.2) is 20.1 Å². The zero-order valence-electron chi connectivity index (χ0n) is 19.6. The predicted molar refractivity (Wildman–Crippen MR) is 133 cm³/mol. The predicted octanol–water partition coefficient (Wildman–Crippen LogP) is 5.31. The summed E-state index contributed by atoms with van der Waals surface area (Å²) in [5.74, 6) is -2.60. The maximum Gasteiger partial charge on any atom is 0.439 e. The summed E-state index contributed by atoms with van der Waals surface area (Å²) in [5, 5.41) is 7.37. The number of aromatic amines is 1. The van der Waals surface area contributed by atoms with Crippen molar-refractivity contribution in [3.63, 3.8) is 0 Å². The molecule has 1 atom stereocenters. The summed E-state index contributed by atoms with van der Waals surface area (Å²) in [6.07, 6.45) is 0. The Kier molecular flexibility index (Phi) is 6.08. The van der Waals surface area contributed by atoms with Gasteiger partial charge >= 0.3 is 5.76 Å². The summed E-state index contributed by atoms with van der Waals surface area (Å²) < 4.78 is 39.0. The van der Waals surface area contributed by atoms with Gasteiger partial charge in [-0.2, -0.15) is 4.39 Å². The van der Waals surface area contributed by atoms with Gasteiger partial charge in [-0.1, -0.05) is 22.8 Å². The van der Waals surface area contributed by atoms with Gasteiger partial charge in [0.2, 0.25) is 11.8 Å². The van der Waals surface area contributed by atoms with E-state index in [4.69, 9.17) is 16.0 Å². The fourth-order valence-corrected chi connectivity index (χ4v) is 4.22. The zero-order valence-corrected chi connectivity index (χ0v) is 20.4. The monoisotopic (exact) mass is 525 g/mol. The van der Waals surface area contributed by atoms with E-state index in [9.17, 15) is 18.4 Å². The average Bonchev–Trinajstić information content (AvgIpc) is 3.30. The molecule has 1 aromatic carbocycles. The number of halogens is 3. The van der Waals surface area contributed by atoms with Gasteiger partial charge in [-0.15, -0.1) is 0 Å². The van der Waals surface area contributed by atoms with Crippen molar-refractivity contribution in [3.8, 4) is 23.0 Å². The molecule has 0 saturated carbocycles. The van der Waals surface area contributed by atoms with E-state index >= 15 is 0 Å². The molecule has 0 aliphatic heterocycles. The first kappa shape index (κ1) is 24.3. The van der Waals surface area contributed by atoms with E-state index in [0.717, 1.165) is 17.7 Å². The Hall–Kier alpha value is -4.38. The summed E-state index contributed by atoms with van der Waals surface area (Å²) in [6.45, 7) is 5.10. The highest BCUT2D eigenvalue weighted by molar-refractivity contribution is 6.29. The number of nitrogens with one attached hydrogen (secondary N) is 2. The number of pyridine rings is 2. The number of rotatable bonds is 5. The molecular formula is C25H18ClF2N5O4. The number of anilines is 1. The molecule has 4 aromatic heterocycles. The molecule has 0 unspecified atom stereocenters. The second kappa shape index (κ2) is 9.25. The fourth-order valence-electron chi connectivity index (χ4n) is 4.07. The molecule has 37 heavy (non-hydrogen) atoms. The van der Waals surface area contributed by atoms with Crippen LogP contribution in [0, 0.1) is 25.6 Å². The number of fused-ring (bicyclic) bond motifs is 1. The summed E-state index contributed by atoms with van der Waals surface area (Å²) in [6, 6.07) is 7.96. The van der Waals surface area contributed by atoms with E-state index in [1.807, 2.05) is 6.92 Å². The second-order valence-corrected chi connectivity index (χ2v) is 8.81. The molecule has 0 saturated heterocycles. The highest BCUT2D eigenvalue weighted by atomic mass is 35.5. The molecule has 0 radical (unpaired) electrons. The molecule has 0 aliphatic rings. The van der Waals surface area contributed by atoms with Gasteiger partial charge in [0.15, 0.2) is 17.0 Å². The maximum absolute atomic E-state index is 14.6. The lowest BCUT2D eigenvalue weighted by Crippen LogP contribution is -2.13. The van der Waals surface area contributed by atoms with Crippen LogP contribution in [0.1, 0.15) is 29.7 Å². The third kappa shape index (κ3) is 4.49. The van der Waals surface area contributed by atoms with Crippen LogP contribution >= 0.6 is 11.6 Å². The van der Waals surface area contributed by atoms with Crippen LogP contribution in [0.4, 0.5) is 14.5 Å². The standard InChI is InChI=1S/C25H18ClF2N5O4/c1-10-8-13(12(3)29-16-5-6-17(26)30-20(16)24-32-25(35)37-33-24)23-14(9-10)21(34)11(2)22(36-23)19-15(27)4-7-18(28)31-19/h4-9,12,29H,1-3H3,(H,32,33,35)/t12-/m1/s1. The number of aryl methyl sites for hydroxylation is 1. The van der Waals surface area contributed by atoms with Crippen LogP contribution in [0.5, 0.6) is 0 Å². The van der Waals surface area contributed by atoms with Crippen molar-refractivity contribution in [2.75, 3.05) is 5.32 Å². The van der Waals surface area contributed by atoms with E-state index in [0.29, 0.717) is 11.3 Å². The first-order chi connectivity index (χ1) is 17.6. The van der Waals surface area contributed by atoms with Crippen molar-refractivity contribution in [2.45, 2.75) is 26.8 Å². The van der Waals surface area contributed by atoms with Crippen LogP contribution in [0.3, 0.4) is 0 Å². The minimum atomic E-state index is -0.911. The van der Waals surface area contributed by atoms with Crippen LogP contribution in [0.2, 0.25) is 5.15 Å². The van der Waals surface area contributed by atoms with Crippen molar-refractivity contribution in [1.29, 1.82) is 0 Å². The highest BCUT2D eigenvalue weighted by Crippen LogP contribution is 2.34. The maximum atomic E-state index is 14.6. The topological polar surface area (TPSA) is 127 Å². The van der Waals surface area contributed by atoms with Crippen molar-refractivity contribution in [3.05, 3.63) is 90.8 Å². The quantitative estimate of drug-likeness (QED) is 0.295. The number of hydrogen-bond acceptors (Lipinski definition) is 8. The average molecular weight is 526 g/mol. The Morgan fingerprint density at radius 1 is 1.05 bits per heavy atom. The van der Waals surface area contributed by atoms with E-state index < -0.39 is 34.7 Å². The smallest absolute Gasteiger partial charge is 0.439 e. The molecule has 0 aliphatic carbocycles. The molecule has 2 N–H and O–H groups in total. The first-order valence-corrected chi connectivity index (χ1v) is 11.4. The Morgan fingerprint density at radius 2 is 1.84 bits per heavy atom. The molecule has 188 valence electrons. The fraction of sp³-hybridized carbons (Fsp3) is 0.160. The summed E-state index contributed by atoms with van der Waals surface area (Å²) in [4.78, 5) is 35.0. The number of benzene rings is 1. The minimum Gasteiger partial charge on any atom is -0.453 e. The van der Waals surface area contributed by atoms with Crippen molar-refractivity contribution in [2.24, 2.45) is 0 Å². The lowest BCUT2D eigenvalue weighted by molar-refractivity contribution is 0.388. The number of aromatic nitrogens is 4. The molecular weight excluding hydrogens is 508 g/mol. The van der Waals surface area contributed by atoms with E-state index in [-0.39, 0.29) is 39.0 Å². The molecule has 5 aromatic rings. The third-order valence-electron chi connectivity index (χ3n) is 5.78.